The van der Waals surface area contributed by atoms with Crippen LogP contribution >= 0.6 is 0 Å². The fraction of sp³-hybridized carbons (Fsp3) is 0.250. The van der Waals surface area contributed by atoms with Crippen molar-refractivity contribution in [1.82, 2.24) is 4.72 Å². The van der Waals surface area contributed by atoms with Crippen molar-refractivity contribution in [2.45, 2.75) is 23.6 Å². The molecule has 0 spiro atoms. The number of aliphatic hydroxyl groups excluding tert-OH is 1. The number of aliphatic hydroxyl groups is 1. The van der Waals surface area contributed by atoms with Gasteiger partial charge in [0.2, 0.25) is 10.0 Å². The van der Waals surface area contributed by atoms with Gasteiger partial charge in [0, 0.05) is 6.54 Å². The van der Waals surface area contributed by atoms with Crippen LogP contribution in [0.15, 0.2) is 59.5 Å². The highest BCUT2D eigenvalue weighted by molar-refractivity contribution is 7.89. The Balaban J connectivity index is 2.03. The Bertz CT molecular complexity index is 777. The number of rotatable bonds is 6. The second-order valence-electron chi connectivity index (χ2n) is 5.22. The molecule has 0 aliphatic rings. The average Bonchev–Trinajstić information content (AvgIpc) is 2.53. The predicted molar refractivity (Wildman–Crippen MR) is 82.8 cm³/mol. The first kappa shape index (κ1) is 18.4. The number of nitrogens with one attached hydrogen (secondary N) is 1. The zero-order valence-corrected chi connectivity index (χ0v) is 13.3. The number of benzene rings is 2. The van der Waals surface area contributed by atoms with Crippen molar-refractivity contribution in [3.63, 3.8) is 0 Å². The van der Waals surface area contributed by atoms with Crippen LogP contribution in [0.4, 0.5) is 13.2 Å². The Morgan fingerprint density at radius 3 is 2.33 bits per heavy atom. The molecule has 0 aromatic heterocycles. The summed E-state index contributed by atoms with van der Waals surface area (Å²) in [5.74, 6) is 0. The third-order valence-corrected chi connectivity index (χ3v) is 4.72. The second kappa shape index (κ2) is 7.33. The van der Waals surface area contributed by atoms with Gasteiger partial charge in [-0.1, -0.05) is 36.4 Å². The molecule has 0 fully saturated rings. The smallest absolute Gasteiger partial charge is 0.391 e. The monoisotopic (exact) mass is 359 g/mol. The largest absolute Gasteiger partial charge is 0.416 e. The van der Waals surface area contributed by atoms with E-state index in [1.54, 1.807) is 24.3 Å². The van der Waals surface area contributed by atoms with Gasteiger partial charge in [-0.2, -0.15) is 13.2 Å². The third kappa shape index (κ3) is 5.05. The first-order valence-corrected chi connectivity index (χ1v) is 8.56. The van der Waals surface area contributed by atoms with E-state index in [0.29, 0.717) is 6.07 Å². The maximum Gasteiger partial charge on any atom is 0.416 e. The lowest BCUT2D eigenvalue weighted by Gasteiger charge is -2.13. The van der Waals surface area contributed by atoms with Crippen LogP contribution < -0.4 is 4.72 Å². The van der Waals surface area contributed by atoms with E-state index in [1.807, 2.05) is 6.07 Å². The Hall–Kier alpha value is -1.90. The summed E-state index contributed by atoms with van der Waals surface area (Å²) >= 11 is 0. The van der Waals surface area contributed by atoms with E-state index in [1.165, 1.54) is 0 Å². The normalized spacial score (nSPS) is 13.7. The van der Waals surface area contributed by atoms with Crippen molar-refractivity contribution < 1.29 is 26.7 Å². The highest BCUT2D eigenvalue weighted by atomic mass is 32.2. The van der Waals surface area contributed by atoms with Gasteiger partial charge in [0.15, 0.2) is 0 Å². The van der Waals surface area contributed by atoms with Crippen LogP contribution in [-0.4, -0.2) is 26.2 Å². The highest BCUT2D eigenvalue weighted by Crippen LogP contribution is 2.30. The SMILES string of the molecule is O=S(=O)(NCC(O)Cc1ccccc1)c1cccc(C(F)(F)F)c1. The standard InChI is InChI=1S/C16H16F3NO3S/c17-16(18,19)13-7-4-8-15(10-13)24(22,23)20-11-14(21)9-12-5-2-1-3-6-12/h1-8,10,14,20-21H,9,11H2. The summed E-state index contributed by atoms with van der Waals surface area (Å²) < 4.78 is 64.3. The van der Waals surface area contributed by atoms with Crippen LogP contribution in [0.3, 0.4) is 0 Å². The van der Waals surface area contributed by atoms with E-state index in [9.17, 15) is 26.7 Å². The molecule has 2 rings (SSSR count). The summed E-state index contributed by atoms with van der Waals surface area (Å²) in [5.41, 5.74) is -0.224. The van der Waals surface area contributed by atoms with Crippen LogP contribution in [0.1, 0.15) is 11.1 Å². The molecule has 1 atom stereocenters. The molecule has 0 saturated carbocycles. The molecular formula is C16H16F3NO3S. The lowest BCUT2D eigenvalue weighted by Crippen LogP contribution is -2.33. The van der Waals surface area contributed by atoms with Crippen LogP contribution in [0.5, 0.6) is 0 Å². The van der Waals surface area contributed by atoms with Crippen molar-refractivity contribution >= 4 is 10.0 Å². The van der Waals surface area contributed by atoms with Crippen molar-refractivity contribution in [3.8, 4) is 0 Å². The van der Waals surface area contributed by atoms with Gasteiger partial charge in [-0.05, 0) is 30.2 Å². The molecule has 0 bridgehead atoms. The minimum absolute atomic E-state index is 0.228. The van der Waals surface area contributed by atoms with E-state index in [4.69, 9.17) is 0 Å². The number of hydrogen-bond donors (Lipinski definition) is 2. The van der Waals surface area contributed by atoms with Crippen molar-refractivity contribution in [1.29, 1.82) is 0 Å². The van der Waals surface area contributed by atoms with Crippen molar-refractivity contribution in [2.24, 2.45) is 0 Å². The lowest BCUT2D eigenvalue weighted by molar-refractivity contribution is -0.137. The van der Waals surface area contributed by atoms with Crippen LogP contribution in [0, 0.1) is 0 Å². The van der Waals surface area contributed by atoms with Gasteiger partial charge < -0.3 is 5.11 Å². The molecule has 1 unspecified atom stereocenters. The van der Waals surface area contributed by atoms with E-state index < -0.39 is 32.8 Å². The molecule has 4 nitrogen and oxygen atoms in total. The lowest BCUT2D eigenvalue weighted by atomic mass is 10.1. The molecule has 130 valence electrons. The quantitative estimate of drug-likeness (QED) is 0.833. The van der Waals surface area contributed by atoms with E-state index in [-0.39, 0.29) is 13.0 Å². The number of sulfonamides is 1. The molecule has 8 heteroatoms. The second-order valence-corrected chi connectivity index (χ2v) is 6.99. The summed E-state index contributed by atoms with van der Waals surface area (Å²) in [6.07, 6.45) is -5.39. The van der Waals surface area contributed by atoms with E-state index in [2.05, 4.69) is 4.72 Å². The number of hydrogen-bond acceptors (Lipinski definition) is 3. The Kier molecular flexibility index (Phi) is 5.63. The highest BCUT2D eigenvalue weighted by Gasteiger charge is 2.31. The molecular weight excluding hydrogens is 343 g/mol. The molecule has 0 radical (unpaired) electrons. The summed E-state index contributed by atoms with van der Waals surface area (Å²) in [6, 6.07) is 12.4. The van der Waals surface area contributed by atoms with Crippen LogP contribution in [0.25, 0.3) is 0 Å². The number of halogens is 3. The zero-order chi connectivity index (χ0) is 17.8. The average molecular weight is 359 g/mol. The zero-order valence-electron chi connectivity index (χ0n) is 12.5. The van der Waals surface area contributed by atoms with E-state index in [0.717, 1.165) is 23.8 Å². The first-order chi connectivity index (χ1) is 11.2. The first-order valence-electron chi connectivity index (χ1n) is 7.07. The van der Waals surface area contributed by atoms with Gasteiger partial charge in [-0.3, -0.25) is 0 Å². The molecule has 0 amide bonds. The fourth-order valence-electron chi connectivity index (χ4n) is 2.09. The van der Waals surface area contributed by atoms with Gasteiger partial charge in [-0.25, -0.2) is 13.1 Å². The summed E-state index contributed by atoms with van der Waals surface area (Å²) in [4.78, 5) is -0.496. The Labute approximate surface area is 138 Å². The van der Waals surface area contributed by atoms with Gasteiger partial charge >= 0.3 is 6.18 Å². The van der Waals surface area contributed by atoms with Crippen LogP contribution in [0.2, 0.25) is 0 Å². The summed E-state index contributed by atoms with van der Waals surface area (Å²) in [7, 11) is -4.14. The van der Waals surface area contributed by atoms with Crippen LogP contribution in [-0.2, 0) is 22.6 Å². The van der Waals surface area contributed by atoms with Gasteiger partial charge in [0.25, 0.3) is 0 Å². The molecule has 0 aliphatic heterocycles. The molecule has 2 N–H and O–H groups in total. The molecule has 2 aromatic carbocycles. The predicted octanol–water partition coefficient (Wildman–Crippen LogP) is 2.59. The number of alkyl halides is 3. The maximum atomic E-state index is 12.7. The van der Waals surface area contributed by atoms with E-state index >= 15 is 0 Å². The molecule has 2 aromatic rings. The summed E-state index contributed by atoms with van der Waals surface area (Å²) in [6.45, 7) is -0.298. The van der Waals surface area contributed by atoms with Gasteiger partial charge in [0.05, 0.1) is 16.6 Å². The molecule has 0 heterocycles. The fourth-order valence-corrected chi connectivity index (χ4v) is 3.21. The maximum absolute atomic E-state index is 12.7. The summed E-state index contributed by atoms with van der Waals surface area (Å²) in [5, 5.41) is 9.89. The Morgan fingerprint density at radius 1 is 1.04 bits per heavy atom. The minimum atomic E-state index is -4.63. The van der Waals surface area contributed by atoms with Gasteiger partial charge in [0.1, 0.15) is 0 Å². The van der Waals surface area contributed by atoms with Gasteiger partial charge in [-0.15, -0.1) is 0 Å². The third-order valence-electron chi connectivity index (χ3n) is 3.29. The molecule has 0 aliphatic carbocycles. The van der Waals surface area contributed by atoms with Crippen molar-refractivity contribution in [2.75, 3.05) is 6.54 Å². The minimum Gasteiger partial charge on any atom is -0.391 e. The molecule has 0 saturated heterocycles. The topological polar surface area (TPSA) is 66.4 Å². The molecule has 24 heavy (non-hydrogen) atoms. The Morgan fingerprint density at radius 2 is 1.71 bits per heavy atom. The van der Waals surface area contributed by atoms with Crippen molar-refractivity contribution in [3.05, 3.63) is 65.7 Å².